The van der Waals surface area contributed by atoms with Gasteiger partial charge in [0.25, 0.3) is 0 Å². The molecule has 2 atom stereocenters. The third-order valence-corrected chi connectivity index (χ3v) is 6.32. The summed E-state index contributed by atoms with van der Waals surface area (Å²) in [6.07, 6.45) is -0.131. The van der Waals surface area contributed by atoms with Gasteiger partial charge in [0.15, 0.2) is 0 Å². The molecule has 14 nitrogen and oxygen atoms in total. The van der Waals surface area contributed by atoms with E-state index in [1.165, 1.54) is 0 Å². The molecule has 14 heteroatoms. The number of nitrogens with one attached hydrogen (secondary N) is 2. The van der Waals surface area contributed by atoms with Gasteiger partial charge in [-0.15, -0.1) is 10.2 Å². The van der Waals surface area contributed by atoms with Gasteiger partial charge in [-0.25, -0.2) is 9.59 Å². The molecule has 0 bridgehead atoms. The zero-order valence-corrected chi connectivity index (χ0v) is 29.7. The first kappa shape index (κ1) is 38.8. The standard InChI is InChI=1S/C32H55N5O9/c1-29(2,3)42-19-22(34-27(40)45-31(7,8)9)26-36-35-25(43-26)21(13-14-23(38)44-30(4,5)6)33-24(39)20-15-17-37(18-16-20)28(41)46-32(10,11)12/h20-22H,13-19H2,1-12H3,(H,33,39)(H,34,40)/t21-,22-/m0/s1. The molecule has 1 fully saturated rings. The fourth-order valence-corrected chi connectivity index (χ4v) is 4.34. The Balaban J connectivity index is 2.24. The van der Waals surface area contributed by atoms with Crippen molar-refractivity contribution in [3.8, 4) is 0 Å². The number of amides is 3. The van der Waals surface area contributed by atoms with Gasteiger partial charge >= 0.3 is 18.2 Å². The summed E-state index contributed by atoms with van der Waals surface area (Å²) in [6, 6.07) is -1.68. The number of esters is 1. The number of carbonyl (C=O) groups excluding carboxylic acids is 4. The molecular formula is C32H55N5O9. The molecule has 0 spiro atoms. The highest BCUT2D eigenvalue weighted by atomic mass is 16.6. The van der Waals surface area contributed by atoms with Gasteiger partial charge in [0.05, 0.1) is 12.2 Å². The quantitative estimate of drug-likeness (QED) is 0.245. The van der Waals surface area contributed by atoms with Crippen LogP contribution in [0.4, 0.5) is 9.59 Å². The zero-order valence-electron chi connectivity index (χ0n) is 29.7. The van der Waals surface area contributed by atoms with Crippen LogP contribution in [0.3, 0.4) is 0 Å². The summed E-state index contributed by atoms with van der Waals surface area (Å²) < 4.78 is 28.2. The lowest BCUT2D eigenvalue weighted by Crippen LogP contribution is -2.45. The Hall–Kier alpha value is -3.42. The summed E-state index contributed by atoms with van der Waals surface area (Å²) in [5.74, 6) is -0.985. The molecule has 3 amide bonds. The van der Waals surface area contributed by atoms with Crippen molar-refractivity contribution in [1.82, 2.24) is 25.7 Å². The molecule has 1 aromatic rings. The number of hydrogen-bond donors (Lipinski definition) is 2. The molecule has 0 aliphatic carbocycles. The Bertz CT molecular complexity index is 1180. The van der Waals surface area contributed by atoms with Crippen LogP contribution < -0.4 is 10.6 Å². The van der Waals surface area contributed by atoms with E-state index in [9.17, 15) is 19.2 Å². The topological polar surface area (TPSA) is 171 Å². The smallest absolute Gasteiger partial charge is 0.410 e. The molecule has 0 aromatic carbocycles. The van der Waals surface area contributed by atoms with Crippen LogP contribution in [0, 0.1) is 5.92 Å². The van der Waals surface area contributed by atoms with Crippen molar-refractivity contribution in [1.29, 1.82) is 0 Å². The first-order valence-electron chi connectivity index (χ1n) is 15.9. The van der Waals surface area contributed by atoms with Gasteiger partial charge in [-0.3, -0.25) is 9.59 Å². The largest absolute Gasteiger partial charge is 0.460 e. The molecule has 1 aliphatic heterocycles. The second-order valence-electron chi connectivity index (χ2n) is 15.5. The Morgan fingerprint density at radius 3 is 1.78 bits per heavy atom. The van der Waals surface area contributed by atoms with Crippen molar-refractivity contribution >= 4 is 24.1 Å². The second kappa shape index (κ2) is 15.4. The normalized spacial score (nSPS) is 16.3. The molecule has 0 unspecified atom stereocenters. The fourth-order valence-electron chi connectivity index (χ4n) is 4.34. The zero-order chi connectivity index (χ0) is 35.1. The van der Waals surface area contributed by atoms with Gasteiger partial charge in [0.2, 0.25) is 17.7 Å². The summed E-state index contributed by atoms with van der Waals surface area (Å²) in [6.45, 7) is 22.3. The number of carbonyl (C=O) groups is 4. The van der Waals surface area contributed by atoms with Crippen molar-refractivity contribution in [3.63, 3.8) is 0 Å². The highest BCUT2D eigenvalue weighted by Crippen LogP contribution is 2.26. The van der Waals surface area contributed by atoms with Crippen molar-refractivity contribution in [2.45, 2.75) is 143 Å². The number of likely N-dealkylation sites (tertiary alicyclic amines) is 1. The van der Waals surface area contributed by atoms with Crippen molar-refractivity contribution < 1.29 is 42.5 Å². The number of alkyl carbamates (subject to hydrolysis) is 1. The molecule has 0 radical (unpaired) electrons. The summed E-state index contributed by atoms with van der Waals surface area (Å²) >= 11 is 0. The van der Waals surface area contributed by atoms with Gasteiger partial charge < -0.3 is 38.9 Å². The lowest BCUT2D eigenvalue weighted by molar-refractivity contribution is -0.155. The number of ether oxygens (including phenoxy) is 4. The predicted octanol–water partition coefficient (Wildman–Crippen LogP) is 5.38. The van der Waals surface area contributed by atoms with Crippen LogP contribution in [0.25, 0.3) is 0 Å². The highest BCUT2D eigenvalue weighted by Gasteiger charge is 2.33. The SMILES string of the molecule is CC(C)(C)OC[C@H](NC(=O)OC(C)(C)C)c1nnc([C@H](CCC(=O)OC(C)(C)C)NC(=O)C2CCN(C(=O)OC(C)(C)C)CC2)o1. The maximum Gasteiger partial charge on any atom is 0.410 e. The molecular weight excluding hydrogens is 598 g/mol. The first-order chi connectivity index (χ1) is 20.9. The molecule has 2 heterocycles. The van der Waals surface area contributed by atoms with Gasteiger partial charge in [-0.05, 0) is 102 Å². The second-order valence-corrected chi connectivity index (χ2v) is 15.5. The number of rotatable bonds is 10. The number of aromatic nitrogens is 2. The molecule has 1 aliphatic rings. The van der Waals surface area contributed by atoms with E-state index in [0.29, 0.717) is 25.9 Å². The van der Waals surface area contributed by atoms with Gasteiger partial charge in [-0.1, -0.05) is 0 Å². The summed E-state index contributed by atoms with van der Waals surface area (Å²) in [5, 5.41) is 14.0. The van der Waals surface area contributed by atoms with Gasteiger partial charge in [-0.2, -0.15) is 0 Å². The van der Waals surface area contributed by atoms with Crippen molar-refractivity contribution in [2.75, 3.05) is 19.7 Å². The molecule has 2 N–H and O–H groups in total. The Morgan fingerprint density at radius 2 is 1.28 bits per heavy atom. The third kappa shape index (κ3) is 14.8. The van der Waals surface area contributed by atoms with E-state index in [4.69, 9.17) is 23.4 Å². The van der Waals surface area contributed by atoms with Crippen LogP contribution in [0.1, 0.15) is 133 Å². The van der Waals surface area contributed by atoms with Crippen LogP contribution in [0.15, 0.2) is 4.42 Å². The van der Waals surface area contributed by atoms with Crippen LogP contribution in [0.5, 0.6) is 0 Å². The molecule has 1 aromatic heterocycles. The monoisotopic (exact) mass is 653 g/mol. The Morgan fingerprint density at radius 1 is 0.761 bits per heavy atom. The minimum absolute atomic E-state index is 0.00946. The van der Waals surface area contributed by atoms with E-state index in [-0.39, 0.29) is 43.1 Å². The number of piperidine rings is 1. The summed E-state index contributed by atoms with van der Waals surface area (Å²) in [5.41, 5.74) is -2.56. The van der Waals surface area contributed by atoms with Crippen LogP contribution in [-0.2, 0) is 28.5 Å². The molecule has 46 heavy (non-hydrogen) atoms. The van der Waals surface area contributed by atoms with Crippen LogP contribution in [0.2, 0.25) is 0 Å². The molecule has 2 rings (SSSR count). The number of hydrogen-bond acceptors (Lipinski definition) is 11. The maximum atomic E-state index is 13.4. The Kier molecular flexibility index (Phi) is 13.0. The van der Waals surface area contributed by atoms with E-state index in [1.54, 1.807) is 67.2 Å². The van der Waals surface area contributed by atoms with E-state index in [2.05, 4.69) is 20.8 Å². The fraction of sp³-hybridized carbons (Fsp3) is 0.812. The summed E-state index contributed by atoms with van der Waals surface area (Å²) in [4.78, 5) is 52.7. The Labute approximate surface area is 273 Å². The lowest BCUT2D eigenvalue weighted by atomic mass is 9.95. The lowest BCUT2D eigenvalue weighted by Gasteiger charge is -2.33. The van der Waals surface area contributed by atoms with Crippen molar-refractivity contribution in [2.24, 2.45) is 5.92 Å². The van der Waals surface area contributed by atoms with E-state index >= 15 is 0 Å². The van der Waals surface area contributed by atoms with E-state index < -0.39 is 52.6 Å². The van der Waals surface area contributed by atoms with Gasteiger partial charge in [0, 0.05) is 25.4 Å². The minimum Gasteiger partial charge on any atom is -0.460 e. The molecule has 1 saturated heterocycles. The number of nitrogens with zero attached hydrogens (tertiary/aromatic N) is 3. The first-order valence-corrected chi connectivity index (χ1v) is 15.9. The van der Waals surface area contributed by atoms with E-state index in [0.717, 1.165) is 0 Å². The highest BCUT2D eigenvalue weighted by molar-refractivity contribution is 5.79. The average molecular weight is 654 g/mol. The molecule has 262 valence electrons. The minimum atomic E-state index is -0.852. The van der Waals surface area contributed by atoms with Crippen LogP contribution in [-0.4, -0.2) is 81.3 Å². The third-order valence-electron chi connectivity index (χ3n) is 6.32. The maximum absolute atomic E-state index is 13.4. The van der Waals surface area contributed by atoms with Gasteiger partial charge in [0.1, 0.15) is 28.9 Å². The van der Waals surface area contributed by atoms with Crippen LogP contribution >= 0.6 is 0 Å². The average Bonchev–Trinajstić information content (AvgIpc) is 3.35. The van der Waals surface area contributed by atoms with Crippen molar-refractivity contribution in [3.05, 3.63) is 11.8 Å². The summed E-state index contributed by atoms with van der Waals surface area (Å²) in [7, 11) is 0. The van der Waals surface area contributed by atoms with E-state index in [1.807, 2.05) is 20.8 Å². The molecule has 0 saturated carbocycles. The predicted molar refractivity (Wildman–Crippen MR) is 169 cm³/mol.